The Morgan fingerprint density at radius 3 is 2.67 bits per heavy atom. The number of aromatic amines is 1. The minimum absolute atomic E-state index is 0.118. The molecule has 0 aliphatic carbocycles. The highest BCUT2D eigenvalue weighted by Gasteiger charge is 2.38. The number of benzene rings is 1. The van der Waals surface area contributed by atoms with Gasteiger partial charge in [-0.05, 0) is 31.4 Å². The largest absolute Gasteiger partial charge is 0.480 e. The molecular formula is C22H29N5O5S. The molecule has 2 aromatic rings. The number of H-pyrrole nitrogens is 1. The molecule has 6 N–H and O–H groups in total. The minimum atomic E-state index is -1.07. The second-order valence-corrected chi connectivity index (χ2v) is 8.54. The molecule has 1 aromatic carbocycles. The molecule has 1 aromatic heterocycles. The second-order valence-electron chi connectivity index (χ2n) is 8.17. The summed E-state index contributed by atoms with van der Waals surface area (Å²) in [4.78, 5) is 54.3. The number of aliphatic carboxylic acids is 1. The van der Waals surface area contributed by atoms with E-state index in [2.05, 4.69) is 28.2 Å². The summed E-state index contributed by atoms with van der Waals surface area (Å²) in [6.45, 7) is 1.79. The minimum Gasteiger partial charge on any atom is -0.480 e. The van der Waals surface area contributed by atoms with Crippen molar-refractivity contribution >= 4 is 47.2 Å². The topological polar surface area (TPSA) is 158 Å². The Bertz CT molecular complexity index is 1040. The van der Waals surface area contributed by atoms with Crippen LogP contribution in [-0.4, -0.2) is 75.1 Å². The Balaban J connectivity index is 1.82. The van der Waals surface area contributed by atoms with E-state index in [0.717, 1.165) is 16.5 Å². The van der Waals surface area contributed by atoms with Crippen molar-refractivity contribution in [1.29, 1.82) is 0 Å². The molecule has 1 fully saturated rings. The van der Waals surface area contributed by atoms with Crippen LogP contribution in [0.25, 0.3) is 10.9 Å². The summed E-state index contributed by atoms with van der Waals surface area (Å²) >= 11 is 3.98. The Morgan fingerprint density at radius 1 is 1.24 bits per heavy atom. The van der Waals surface area contributed by atoms with E-state index in [1.165, 1.54) is 11.8 Å². The molecule has 3 amide bonds. The summed E-state index contributed by atoms with van der Waals surface area (Å²) in [5.74, 6) is -2.52. The van der Waals surface area contributed by atoms with E-state index < -0.39 is 47.9 Å². The lowest BCUT2D eigenvalue weighted by Gasteiger charge is -2.28. The molecule has 178 valence electrons. The third-order valence-corrected chi connectivity index (χ3v) is 6.21. The van der Waals surface area contributed by atoms with Crippen molar-refractivity contribution < 1.29 is 24.3 Å². The average Bonchev–Trinajstić information content (AvgIpc) is 3.45. The van der Waals surface area contributed by atoms with Crippen molar-refractivity contribution in [1.82, 2.24) is 20.5 Å². The molecule has 4 atom stereocenters. The normalized spacial score (nSPS) is 18.5. The monoisotopic (exact) mass is 475 g/mol. The van der Waals surface area contributed by atoms with Gasteiger partial charge < -0.3 is 31.4 Å². The van der Waals surface area contributed by atoms with Gasteiger partial charge in [-0.25, -0.2) is 4.79 Å². The Morgan fingerprint density at radius 2 is 1.97 bits per heavy atom. The molecule has 0 radical (unpaired) electrons. The molecule has 0 bridgehead atoms. The van der Waals surface area contributed by atoms with Crippen LogP contribution in [0.3, 0.4) is 0 Å². The highest BCUT2D eigenvalue weighted by molar-refractivity contribution is 7.80. The molecule has 2 heterocycles. The van der Waals surface area contributed by atoms with Crippen LogP contribution in [0.4, 0.5) is 0 Å². The number of thiol groups is 1. The summed E-state index contributed by atoms with van der Waals surface area (Å²) in [6.07, 6.45) is 2.87. The fraction of sp³-hybridized carbons (Fsp3) is 0.455. The van der Waals surface area contributed by atoms with Gasteiger partial charge in [0.1, 0.15) is 18.1 Å². The van der Waals surface area contributed by atoms with Crippen molar-refractivity contribution in [2.24, 2.45) is 5.73 Å². The summed E-state index contributed by atoms with van der Waals surface area (Å²) < 4.78 is 0. The maximum atomic E-state index is 13.4. The summed E-state index contributed by atoms with van der Waals surface area (Å²) in [5, 5.41) is 15.6. The first kappa shape index (κ1) is 24.6. The Labute approximate surface area is 196 Å². The van der Waals surface area contributed by atoms with Crippen LogP contribution in [0.1, 0.15) is 25.3 Å². The van der Waals surface area contributed by atoms with Crippen LogP contribution in [0.15, 0.2) is 30.5 Å². The first-order valence-electron chi connectivity index (χ1n) is 10.8. The number of nitrogens with zero attached hydrogens (tertiary/aromatic N) is 1. The fourth-order valence-corrected chi connectivity index (χ4v) is 4.14. The van der Waals surface area contributed by atoms with Crippen molar-refractivity contribution in [3.05, 3.63) is 36.0 Å². The number of para-hydroxylation sites is 1. The highest BCUT2D eigenvalue weighted by atomic mass is 32.1. The maximum absolute atomic E-state index is 13.4. The Hall–Kier alpha value is -3.05. The molecule has 11 heteroatoms. The Kier molecular flexibility index (Phi) is 7.98. The third kappa shape index (κ3) is 5.66. The molecule has 0 spiro atoms. The summed E-state index contributed by atoms with van der Waals surface area (Å²) in [7, 11) is 0. The van der Waals surface area contributed by atoms with Crippen molar-refractivity contribution in [3.63, 3.8) is 0 Å². The number of likely N-dealkylation sites (tertiary alicyclic amines) is 1. The number of aromatic nitrogens is 1. The van der Waals surface area contributed by atoms with Crippen LogP contribution in [-0.2, 0) is 25.6 Å². The van der Waals surface area contributed by atoms with E-state index in [1.54, 1.807) is 6.20 Å². The molecule has 3 rings (SSSR count). The van der Waals surface area contributed by atoms with E-state index in [4.69, 9.17) is 5.73 Å². The van der Waals surface area contributed by atoms with Crippen LogP contribution >= 0.6 is 12.6 Å². The molecule has 1 aliphatic heterocycles. The van der Waals surface area contributed by atoms with Gasteiger partial charge in [-0.2, -0.15) is 12.6 Å². The number of carboxylic acid groups (broad SMARTS) is 1. The standard InChI is InChI=1S/C22H29N5O5S/c1-12(25-20(29)15(23)11-33)19(28)26-17(21(30)27-8-4-7-18(27)22(31)32)9-13-10-24-16-6-3-2-5-14(13)16/h2-3,5-6,10,12,15,17-18,24,33H,4,7-9,11,23H2,1H3,(H,25,29)(H,26,28)(H,31,32). The van der Waals surface area contributed by atoms with Crippen LogP contribution in [0.2, 0.25) is 0 Å². The van der Waals surface area contributed by atoms with Gasteiger partial charge in [-0.3, -0.25) is 14.4 Å². The molecule has 4 unspecified atom stereocenters. The molecular weight excluding hydrogens is 446 g/mol. The highest BCUT2D eigenvalue weighted by Crippen LogP contribution is 2.22. The lowest BCUT2D eigenvalue weighted by Crippen LogP contribution is -2.57. The van der Waals surface area contributed by atoms with Crippen molar-refractivity contribution in [2.75, 3.05) is 12.3 Å². The number of rotatable bonds is 9. The number of carboxylic acids is 1. The van der Waals surface area contributed by atoms with Crippen LogP contribution < -0.4 is 16.4 Å². The van der Waals surface area contributed by atoms with Gasteiger partial charge in [-0.15, -0.1) is 0 Å². The number of carbonyl (C=O) groups is 4. The number of fused-ring (bicyclic) bond motifs is 1. The molecule has 33 heavy (non-hydrogen) atoms. The van der Waals surface area contributed by atoms with Gasteiger partial charge >= 0.3 is 5.97 Å². The van der Waals surface area contributed by atoms with Crippen molar-refractivity contribution in [2.45, 2.75) is 50.4 Å². The van der Waals surface area contributed by atoms with E-state index >= 15 is 0 Å². The maximum Gasteiger partial charge on any atom is 0.326 e. The van der Waals surface area contributed by atoms with E-state index in [-0.39, 0.29) is 12.2 Å². The average molecular weight is 476 g/mol. The predicted molar refractivity (Wildman–Crippen MR) is 126 cm³/mol. The lowest BCUT2D eigenvalue weighted by molar-refractivity contribution is -0.149. The van der Waals surface area contributed by atoms with Gasteiger partial charge in [0.25, 0.3) is 0 Å². The zero-order valence-electron chi connectivity index (χ0n) is 18.3. The van der Waals surface area contributed by atoms with Crippen LogP contribution in [0, 0.1) is 0 Å². The number of carbonyl (C=O) groups excluding carboxylic acids is 3. The zero-order chi connectivity index (χ0) is 24.1. The summed E-state index contributed by atoms with van der Waals surface area (Å²) in [5.41, 5.74) is 7.34. The van der Waals surface area contributed by atoms with Gasteiger partial charge in [0.05, 0.1) is 6.04 Å². The van der Waals surface area contributed by atoms with E-state index in [1.807, 2.05) is 24.3 Å². The molecule has 10 nitrogen and oxygen atoms in total. The van der Waals surface area contributed by atoms with Crippen molar-refractivity contribution in [3.8, 4) is 0 Å². The van der Waals surface area contributed by atoms with Gasteiger partial charge in [0, 0.05) is 35.8 Å². The number of nitrogens with one attached hydrogen (secondary N) is 3. The molecule has 0 saturated carbocycles. The van der Waals surface area contributed by atoms with Gasteiger partial charge in [0.15, 0.2) is 0 Å². The number of hydrogen-bond donors (Lipinski definition) is 6. The van der Waals surface area contributed by atoms with Crippen LogP contribution in [0.5, 0.6) is 0 Å². The fourth-order valence-electron chi connectivity index (χ4n) is 3.97. The molecule has 1 aliphatic rings. The molecule has 1 saturated heterocycles. The lowest BCUT2D eigenvalue weighted by atomic mass is 10.0. The number of nitrogens with two attached hydrogens (primary N) is 1. The number of hydrogen-bond acceptors (Lipinski definition) is 6. The third-order valence-electron chi connectivity index (χ3n) is 5.82. The predicted octanol–water partition coefficient (Wildman–Crippen LogP) is 0.0326. The summed E-state index contributed by atoms with van der Waals surface area (Å²) in [6, 6.07) is 3.82. The van der Waals surface area contributed by atoms with E-state index in [0.29, 0.717) is 19.4 Å². The smallest absolute Gasteiger partial charge is 0.326 e. The first-order chi connectivity index (χ1) is 15.7. The quantitative estimate of drug-likeness (QED) is 0.281. The second kappa shape index (κ2) is 10.7. The zero-order valence-corrected chi connectivity index (χ0v) is 19.2. The number of amides is 3. The SMILES string of the molecule is CC(NC(=O)C(N)CS)C(=O)NC(Cc1c[nH]c2ccccc12)C(=O)N1CCCC1C(=O)O. The van der Waals surface area contributed by atoms with E-state index in [9.17, 15) is 24.3 Å². The van der Waals surface area contributed by atoms with Gasteiger partial charge in [0.2, 0.25) is 17.7 Å². The first-order valence-corrected chi connectivity index (χ1v) is 11.4. The van der Waals surface area contributed by atoms with Gasteiger partial charge in [-0.1, -0.05) is 18.2 Å².